The highest BCUT2D eigenvalue weighted by molar-refractivity contribution is 9.10. The van der Waals surface area contributed by atoms with Crippen LogP contribution in [0.4, 0.5) is 11.4 Å². The van der Waals surface area contributed by atoms with E-state index in [-0.39, 0.29) is 24.3 Å². The molecule has 1 aromatic rings. The minimum absolute atomic E-state index is 0.0737. The Kier molecular flexibility index (Phi) is 3.22. The molecular formula is C13H13BrN4O3. The van der Waals surface area contributed by atoms with E-state index in [0.29, 0.717) is 21.4 Å². The van der Waals surface area contributed by atoms with Gasteiger partial charge in [-0.3, -0.25) is 19.7 Å². The SMILES string of the molecule is CC1C(=O)NC(=O)CN1c1cc2c(cc1Br)C(N)C(=O)N2. The van der Waals surface area contributed by atoms with Crippen molar-refractivity contribution < 1.29 is 14.4 Å². The third-order valence-electron chi connectivity index (χ3n) is 3.73. The lowest BCUT2D eigenvalue weighted by Gasteiger charge is -2.34. The highest BCUT2D eigenvalue weighted by Crippen LogP contribution is 2.39. The lowest BCUT2D eigenvalue weighted by atomic mass is 10.1. The predicted octanol–water partition coefficient (Wildman–Crippen LogP) is 0.252. The van der Waals surface area contributed by atoms with E-state index < -0.39 is 12.1 Å². The zero-order chi connectivity index (χ0) is 15.3. The highest BCUT2D eigenvalue weighted by Gasteiger charge is 2.34. The minimum atomic E-state index is -0.700. The molecule has 4 N–H and O–H groups in total. The minimum Gasteiger partial charge on any atom is -0.349 e. The van der Waals surface area contributed by atoms with E-state index in [0.717, 1.165) is 0 Å². The molecule has 2 unspecified atom stereocenters. The van der Waals surface area contributed by atoms with Gasteiger partial charge in [0.25, 0.3) is 0 Å². The van der Waals surface area contributed by atoms with Gasteiger partial charge in [-0.15, -0.1) is 0 Å². The monoisotopic (exact) mass is 352 g/mol. The summed E-state index contributed by atoms with van der Waals surface area (Å²) in [5.41, 5.74) is 7.76. The summed E-state index contributed by atoms with van der Waals surface area (Å²) >= 11 is 3.42. The number of amides is 3. The van der Waals surface area contributed by atoms with Crippen molar-refractivity contribution in [3.05, 3.63) is 22.2 Å². The molecule has 0 aromatic heterocycles. The van der Waals surface area contributed by atoms with Crippen LogP contribution < -0.4 is 21.3 Å². The number of hydrogen-bond donors (Lipinski definition) is 3. The van der Waals surface area contributed by atoms with Gasteiger partial charge in [0, 0.05) is 15.7 Å². The van der Waals surface area contributed by atoms with Crippen molar-refractivity contribution in [1.29, 1.82) is 0 Å². The van der Waals surface area contributed by atoms with Crippen LogP contribution in [-0.4, -0.2) is 30.3 Å². The smallest absolute Gasteiger partial charge is 0.249 e. The van der Waals surface area contributed by atoms with Crippen LogP contribution >= 0.6 is 15.9 Å². The topological polar surface area (TPSA) is 105 Å². The van der Waals surface area contributed by atoms with Crippen LogP contribution in [0.15, 0.2) is 16.6 Å². The van der Waals surface area contributed by atoms with Crippen LogP contribution in [0, 0.1) is 0 Å². The quantitative estimate of drug-likeness (QED) is 0.628. The summed E-state index contributed by atoms with van der Waals surface area (Å²) in [6.45, 7) is 1.79. The van der Waals surface area contributed by atoms with Crippen LogP contribution in [0.25, 0.3) is 0 Å². The van der Waals surface area contributed by atoms with Crippen LogP contribution in [0.1, 0.15) is 18.5 Å². The summed E-state index contributed by atoms with van der Waals surface area (Å²) in [5.74, 6) is -0.972. The molecule has 1 saturated heterocycles. The fourth-order valence-electron chi connectivity index (χ4n) is 2.52. The van der Waals surface area contributed by atoms with Gasteiger partial charge in [-0.25, -0.2) is 0 Å². The van der Waals surface area contributed by atoms with E-state index in [2.05, 4.69) is 26.6 Å². The van der Waals surface area contributed by atoms with Crippen LogP contribution in [0.3, 0.4) is 0 Å². The molecule has 0 spiro atoms. The Morgan fingerprint density at radius 3 is 2.67 bits per heavy atom. The number of hydrogen-bond acceptors (Lipinski definition) is 5. The van der Waals surface area contributed by atoms with Crippen molar-refractivity contribution >= 4 is 45.0 Å². The summed E-state index contributed by atoms with van der Waals surface area (Å²) in [7, 11) is 0. The number of nitrogens with one attached hydrogen (secondary N) is 2. The predicted molar refractivity (Wildman–Crippen MR) is 79.7 cm³/mol. The Labute approximate surface area is 129 Å². The normalized spacial score (nSPS) is 24.7. The summed E-state index contributed by atoms with van der Waals surface area (Å²) in [5, 5.41) is 4.98. The number of halogens is 1. The number of nitrogens with zero attached hydrogens (tertiary/aromatic N) is 1. The number of carbonyl (C=O) groups excluding carboxylic acids is 3. The summed E-state index contributed by atoms with van der Waals surface area (Å²) in [4.78, 5) is 36.6. The van der Waals surface area contributed by atoms with Crippen molar-refractivity contribution in [3.8, 4) is 0 Å². The number of carbonyl (C=O) groups is 3. The molecule has 2 aliphatic rings. The Bertz CT molecular complexity index is 676. The van der Waals surface area contributed by atoms with Gasteiger partial charge in [0.2, 0.25) is 17.7 Å². The Balaban J connectivity index is 2.04. The van der Waals surface area contributed by atoms with Gasteiger partial charge >= 0.3 is 0 Å². The van der Waals surface area contributed by atoms with E-state index in [1.54, 1.807) is 24.0 Å². The second kappa shape index (κ2) is 4.81. The van der Waals surface area contributed by atoms with E-state index in [1.165, 1.54) is 0 Å². The molecule has 7 nitrogen and oxygen atoms in total. The highest BCUT2D eigenvalue weighted by atomic mass is 79.9. The Morgan fingerprint density at radius 1 is 1.24 bits per heavy atom. The van der Waals surface area contributed by atoms with Crippen molar-refractivity contribution in [2.45, 2.75) is 19.0 Å². The largest absolute Gasteiger partial charge is 0.349 e. The molecular weight excluding hydrogens is 340 g/mol. The zero-order valence-electron chi connectivity index (χ0n) is 11.1. The van der Waals surface area contributed by atoms with Crippen LogP contribution in [-0.2, 0) is 14.4 Å². The molecule has 0 bridgehead atoms. The van der Waals surface area contributed by atoms with Gasteiger partial charge in [0.15, 0.2) is 0 Å². The molecule has 0 aliphatic carbocycles. The molecule has 2 atom stereocenters. The number of imide groups is 1. The number of fused-ring (bicyclic) bond motifs is 1. The molecule has 3 rings (SSSR count). The fraction of sp³-hybridized carbons (Fsp3) is 0.308. The fourth-order valence-corrected chi connectivity index (χ4v) is 3.11. The molecule has 0 radical (unpaired) electrons. The first-order valence-electron chi connectivity index (χ1n) is 6.38. The number of piperazine rings is 1. The molecule has 3 amide bonds. The van der Waals surface area contributed by atoms with Crippen LogP contribution in [0.5, 0.6) is 0 Å². The standard InChI is InChI=1S/C13H13BrN4O3/c1-5-12(20)17-10(19)4-18(5)9-3-8-6(2-7(9)14)11(15)13(21)16-8/h2-3,5,11H,4,15H2,1H3,(H,16,21)(H,17,19,20). The third kappa shape index (κ3) is 2.20. The molecule has 8 heteroatoms. The van der Waals surface area contributed by atoms with E-state index in [1.807, 2.05) is 0 Å². The second-order valence-corrected chi connectivity index (χ2v) is 5.93. The van der Waals surface area contributed by atoms with Crippen LogP contribution in [0.2, 0.25) is 0 Å². The molecule has 1 aromatic carbocycles. The maximum atomic E-state index is 11.8. The van der Waals surface area contributed by atoms with Gasteiger partial charge in [-0.2, -0.15) is 0 Å². The average Bonchev–Trinajstić information content (AvgIpc) is 2.69. The Morgan fingerprint density at radius 2 is 1.95 bits per heavy atom. The van der Waals surface area contributed by atoms with Crippen molar-refractivity contribution in [3.63, 3.8) is 0 Å². The first-order chi connectivity index (χ1) is 9.88. The summed E-state index contributed by atoms with van der Waals surface area (Å²) in [6.07, 6.45) is 0. The number of rotatable bonds is 1. The van der Waals surface area contributed by atoms with Crippen molar-refractivity contribution in [2.24, 2.45) is 5.73 Å². The van der Waals surface area contributed by atoms with E-state index in [9.17, 15) is 14.4 Å². The molecule has 1 fully saturated rings. The van der Waals surface area contributed by atoms with Gasteiger partial charge in [0.05, 0.1) is 12.2 Å². The lowest BCUT2D eigenvalue weighted by Crippen LogP contribution is -2.57. The molecule has 110 valence electrons. The zero-order valence-corrected chi connectivity index (χ0v) is 12.7. The summed E-state index contributed by atoms with van der Waals surface area (Å²) in [6, 6.07) is 2.29. The van der Waals surface area contributed by atoms with Gasteiger partial charge in [-0.1, -0.05) is 0 Å². The van der Waals surface area contributed by atoms with Crippen molar-refractivity contribution in [1.82, 2.24) is 5.32 Å². The van der Waals surface area contributed by atoms with Gasteiger partial charge < -0.3 is 16.0 Å². The number of nitrogens with two attached hydrogens (primary N) is 1. The molecule has 2 heterocycles. The number of anilines is 2. The summed E-state index contributed by atoms with van der Waals surface area (Å²) < 4.78 is 0.683. The second-order valence-electron chi connectivity index (χ2n) is 5.07. The Hall–Kier alpha value is -1.93. The molecule has 21 heavy (non-hydrogen) atoms. The third-order valence-corrected chi connectivity index (χ3v) is 4.36. The first kappa shape index (κ1) is 14.0. The van der Waals surface area contributed by atoms with E-state index >= 15 is 0 Å². The van der Waals surface area contributed by atoms with Crippen molar-refractivity contribution in [2.75, 3.05) is 16.8 Å². The maximum Gasteiger partial charge on any atom is 0.249 e. The molecule has 2 aliphatic heterocycles. The maximum absolute atomic E-state index is 11.8. The average molecular weight is 353 g/mol. The molecule has 0 saturated carbocycles. The first-order valence-corrected chi connectivity index (χ1v) is 7.18. The van der Waals surface area contributed by atoms with Gasteiger partial charge in [0.1, 0.15) is 12.1 Å². The lowest BCUT2D eigenvalue weighted by molar-refractivity contribution is -0.132. The van der Waals surface area contributed by atoms with E-state index in [4.69, 9.17) is 5.73 Å². The van der Waals surface area contributed by atoms with Gasteiger partial charge in [-0.05, 0) is 35.0 Å². The number of benzene rings is 1.